The van der Waals surface area contributed by atoms with Crippen molar-refractivity contribution in [3.05, 3.63) is 28.8 Å². The fourth-order valence-corrected chi connectivity index (χ4v) is 5.29. The summed E-state index contributed by atoms with van der Waals surface area (Å²) in [5, 5.41) is 10.2. The third-order valence-corrected chi connectivity index (χ3v) is 7.17. The van der Waals surface area contributed by atoms with Gasteiger partial charge in [-0.2, -0.15) is 0 Å². The van der Waals surface area contributed by atoms with Crippen LogP contribution in [-0.4, -0.2) is 57.0 Å². The minimum atomic E-state index is -0.0870. The van der Waals surface area contributed by atoms with Gasteiger partial charge < -0.3 is 20.9 Å². The zero-order valence-corrected chi connectivity index (χ0v) is 19.7. The number of nitrogens with one attached hydrogen (secondary N) is 3. The molecule has 3 N–H and O–H groups in total. The van der Waals surface area contributed by atoms with Crippen LogP contribution < -0.4 is 16.0 Å². The number of nitrogens with zero attached hydrogens (tertiary/aromatic N) is 1. The van der Waals surface area contributed by atoms with Crippen LogP contribution in [0.25, 0.3) is 0 Å². The van der Waals surface area contributed by atoms with Crippen LogP contribution >= 0.6 is 11.6 Å². The molecular formula is C24H37ClN4O2. The first-order valence-corrected chi connectivity index (χ1v) is 12.0. The van der Waals surface area contributed by atoms with Crippen LogP contribution in [-0.2, 0) is 4.79 Å². The number of benzene rings is 1. The van der Waals surface area contributed by atoms with E-state index in [1.165, 1.54) is 44.9 Å². The summed E-state index contributed by atoms with van der Waals surface area (Å²) >= 11 is 6.34. The molecule has 2 bridgehead atoms. The van der Waals surface area contributed by atoms with Crippen molar-refractivity contribution in [3.8, 4) is 0 Å². The van der Waals surface area contributed by atoms with E-state index in [9.17, 15) is 9.59 Å². The lowest BCUT2D eigenvalue weighted by molar-refractivity contribution is -0.128. The van der Waals surface area contributed by atoms with Gasteiger partial charge >= 0.3 is 0 Å². The van der Waals surface area contributed by atoms with Gasteiger partial charge in [-0.25, -0.2) is 0 Å². The van der Waals surface area contributed by atoms with Crippen molar-refractivity contribution >= 4 is 29.1 Å². The molecule has 7 heteroatoms. The third-order valence-electron chi connectivity index (χ3n) is 6.84. The van der Waals surface area contributed by atoms with Crippen molar-refractivity contribution in [3.63, 3.8) is 0 Å². The highest BCUT2D eigenvalue weighted by Gasteiger charge is 2.39. The zero-order chi connectivity index (χ0) is 22.3. The maximum atomic E-state index is 12.9. The molecule has 0 atom stereocenters. The van der Waals surface area contributed by atoms with Gasteiger partial charge in [0.1, 0.15) is 0 Å². The number of fused-ring (bicyclic) bond motifs is 2. The minimum Gasteiger partial charge on any atom is -0.384 e. The second kappa shape index (κ2) is 11.2. The van der Waals surface area contributed by atoms with Crippen LogP contribution in [0.3, 0.4) is 0 Å². The highest BCUT2D eigenvalue weighted by atomic mass is 35.5. The van der Waals surface area contributed by atoms with Crippen LogP contribution in [0.4, 0.5) is 5.69 Å². The molecule has 0 radical (unpaired) electrons. The standard InChI is InChI=1S/C24H37ClN4O2/c1-29(2)22(30)9-12-26-13-14-27-19-7-8-21(25)20(15-19)23(31)28-17-24-10-3-5-18(16-24)6-4-11-24/h7-8,15,18,26-27H,3-6,9-14,16-17H2,1-2H3,(H,28,31). The molecule has 31 heavy (non-hydrogen) atoms. The molecule has 0 aliphatic heterocycles. The third kappa shape index (κ3) is 6.84. The number of carbonyl (C=O) groups is 2. The SMILES string of the molecule is CN(C)C(=O)CCNCCNc1ccc(Cl)c(C(=O)NCC23CCCC(CCC2)C3)c1. The lowest BCUT2D eigenvalue weighted by atomic mass is 9.62. The Bertz CT molecular complexity index is 758. The summed E-state index contributed by atoms with van der Waals surface area (Å²) in [6.45, 7) is 2.83. The van der Waals surface area contributed by atoms with Crippen molar-refractivity contribution in [1.29, 1.82) is 0 Å². The number of carbonyl (C=O) groups excluding carboxylic acids is 2. The molecule has 2 saturated carbocycles. The average Bonchev–Trinajstić information content (AvgIpc) is 2.75. The highest BCUT2D eigenvalue weighted by Crippen LogP contribution is 2.48. The van der Waals surface area contributed by atoms with Crippen LogP contribution in [0.2, 0.25) is 5.02 Å². The summed E-state index contributed by atoms with van der Waals surface area (Å²) in [6.07, 6.45) is 9.50. The van der Waals surface area contributed by atoms with E-state index in [0.717, 1.165) is 24.7 Å². The van der Waals surface area contributed by atoms with Crippen LogP contribution in [0.1, 0.15) is 61.7 Å². The first kappa shape index (κ1) is 23.9. The number of halogens is 1. The molecule has 2 amide bonds. The van der Waals surface area contributed by atoms with Gasteiger partial charge in [-0.1, -0.05) is 37.3 Å². The number of hydrogen-bond acceptors (Lipinski definition) is 4. The molecule has 1 aromatic carbocycles. The van der Waals surface area contributed by atoms with Gasteiger partial charge in [-0.15, -0.1) is 0 Å². The Morgan fingerprint density at radius 3 is 2.58 bits per heavy atom. The number of amides is 2. The number of hydrogen-bond donors (Lipinski definition) is 3. The summed E-state index contributed by atoms with van der Waals surface area (Å²) in [6, 6.07) is 5.49. The maximum absolute atomic E-state index is 12.9. The smallest absolute Gasteiger partial charge is 0.252 e. The van der Waals surface area contributed by atoms with Crippen molar-refractivity contribution in [2.45, 2.75) is 51.4 Å². The Hall–Kier alpha value is -1.79. The molecule has 2 fully saturated rings. The van der Waals surface area contributed by atoms with Gasteiger partial charge in [0.15, 0.2) is 0 Å². The van der Waals surface area contributed by atoms with Crippen molar-refractivity contribution in [2.75, 3.05) is 45.6 Å². The van der Waals surface area contributed by atoms with E-state index >= 15 is 0 Å². The van der Waals surface area contributed by atoms with E-state index < -0.39 is 0 Å². The van der Waals surface area contributed by atoms with Crippen molar-refractivity contribution < 1.29 is 9.59 Å². The molecule has 0 aromatic heterocycles. The Labute approximate surface area is 191 Å². The fraction of sp³-hybridized carbons (Fsp3) is 0.667. The molecule has 1 aromatic rings. The molecule has 0 heterocycles. The van der Waals surface area contributed by atoms with E-state index in [1.54, 1.807) is 25.1 Å². The fourth-order valence-electron chi connectivity index (χ4n) is 5.08. The predicted molar refractivity (Wildman–Crippen MR) is 127 cm³/mol. The van der Waals surface area contributed by atoms with E-state index in [1.807, 2.05) is 12.1 Å². The second-order valence-corrected chi connectivity index (χ2v) is 9.85. The molecule has 0 saturated heterocycles. The maximum Gasteiger partial charge on any atom is 0.252 e. The lowest BCUT2D eigenvalue weighted by Crippen LogP contribution is -2.43. The molecule has 6 nitrogen and oxygen atoms in total. The molecule has 2 aliphatic carbocycles. The van der Waals surface area contributed by atoms with Crippen molar-refractivity contribution in [2.24, 2.45) is 11.3 Å². The van der Waals surface area contributed by atoms with Crippen LogP contribution in [0.5, 0.6) is 0 Å². The Morgan fingerprint density at radius 1 is 1.13 bits per heavy atom. The number of anilines is 1. The quantitative estimate of drug-likeness (QED) is 0.474. The minimum absolute atomic E-state index is 0.0870. The Kier molecular flexibility index (Phi) is 8.61. The summed E-state index contributed by atoms with van der Waals surface area (Å²) in [5.41, 5.74) is 1.68. The first-order chi connectivity index (χ1) is 14.9. The summed E-state index contributed by atoms with van der Waals surface area (Å²) in [4.78, 5) is 26.0. The number of rotatable bonds is 10. The molecule has 2 aliphatic rings. The van der Waals surface area contributed by atoms with Crippen molar-refractivity contribution in [1.82, 2.24) is 15.5 Å². The summed E-state index contributed by atoms with van der Waals surface area (Å²) in [5.74, 6) is 0.881. The van der Waals surface area contributed by atoms with Gasteiger partial charge in [-0.3, -0.25) is 9.59 Å². The van der Waals surface area contributed by atoms with E-state index in [4.69, 9.17) is 11.6 Å². The summed E-state index contributed by atoms with van der Waals surface area (Å²) in [7, 11) is 3.53. The average molecular weight is 449 g/mol. The van der Waals surface area contributed by atoms with E-state index in [2.05, 4.69) is 16.0 Å². The molecule has 0 spiro atoms. The van der Waals surface area contributed by atoms with Gasteiger partial charge in [-0.05, 0) is 48.8 Å². The second-order valence-electron chi connectivity index (χ2n) is 9.45. The van der Waals surface area contributed by atoms with Gasteiger partial charge in [0, 0.05) is 52.4 Å². The largest absolute Gasteiger partial charge is 0.384 e. The van der Waals surface area contributed by atoms with Gasteiger partial charge in [0.25, 0.3) is 5.91 Å². The predicted octanol–water partition coefficient (Wildman–Crippen LogP) is 3.91. The van der Waals surface area contributed by atoms with E-state index in [-0.39, 0.29) is 11.8 Å². The van der Waals surface area contributed by atoms with Crippen LogP contribution in [0.15, 0.2) is 18.2 Å². The van der Waals surface area contributed by atoms with Gasteiger partial charge in [0.2, 0.25) is 5.91 Å². The highest BCUT2D eigenvalue weighted by molar-refractivity contribution is 6.34. The summed E-state index contributed by atoms with van der Waals surface area (Å²) < 4.78 is 0. The molecule has 172 valence electrons. The normalized spacial score (nSPS) is 22.6. The lowest BCUT2D eigenvalue weighted by Gasteiger charge is -2.45. The Balaban J connectivity index is 1.45. The first-order valence-electron chi connectivity index (χ1n) is 11.6. The molecular weight excluding hydrogens is 412 g/mol. The molecule has 3 rings (SSSR count). The topological polar surface area (TPSA) is 73.5 Å². The molecule has 0 unspecified atom stereocenters. The zero-order valence-electron chi connectivity index (χ0n) is 18.9. The van der Waals surface area contributed by atoms with Crippen LogP contribution in [0, 0.1) is 11.3 Å². The monoisotopic (exact) mass is 448 g/mol. The van der Waals surface area contributed by atoms with Gasteiger partial charge in [0.05, 0.1) is 10.6 Å². The van der Waals surface area contributed by atoms with E-state index in [0.29, 0.717) is 35.5 Å². The Morgan fingerprint density at radius 2 is 1.87 bits per heavy atom.